The topological polar surface area (TPSA) is 61.4 Å². The third kappa shape index (κ3) is 4.05. The molecule has 116 valence electrons. The van der Waals surface area contributed by atoms with Crippen LogP contribution in [0.3, 0.4) is 0 Å². The molecule has 1 aromatic rings. The van der Waals surface area contributed by atoms with Crippen molar-refractivity contribution in [2.45, 2.75) is 52.2 Å². The predicted molar refractivity (Wildman–Crippen MR) is 83.9 cm³/mol. The van der Waals surface area contributed by atoms with Gasteiger partial charge in [0, 0.05) is 19.2 Å². The molecule has 0 saturated carbocycles. The Labute approximate surface area is 126 Å². The van der Waals surface area contributed by atoms with E-state index in [-0.39, 0.29) is 30.0 Å². The van der Waals surface area contributed by atoms with Crippen molar-refractivity contribution < 1.29 is 9.90 Å². The number of hydrogen-bond donors (Lipinski definition) is 3. The molecule has 1 aliphatic rings. The van der Waals surface area contributed by atoms with Crippen molar-refractivity contribution in [3.05, 3.63) is 35.4 Å². The van der Waals surface area contributed by atoms with Gasteiger partial charge in [-0.1, -0.05) is 45.0 Å². The van der Waals surface area contributed by atoms with Crippen LogP contribution in [0.1, 0.15) is 38.3 Å². The number of benzene rings is 1. The summed E-state index contributed by atoms with van der Waals surface area (Å²) in [4.78, 5) is 12.5. The molecule has 2 rings (SSSR count). The number of nitrogens with one attached hydrogen (secondary N) is 2. The van der Waals surface area contributed by atoms with E-state index in [0.717, 1.165) is 13.0 Å². The van der Waals surface area contributed by atoms with Crippen molar-refractivity contribution in [3.8, 4) is 0 Å². The van der Waals surface area contributed by atoms with Gasteiger partial charge in [0.25, 0.3) is 0 Å². The van der Waals surface area contributed by atoms with Gasteiger partial charge in [-0.25, -0.2) is 0 Å². The van der Waals surface area contributed by atoms with E-state index in [0.29, 0.717) is 6.42 Å². The van der Waals surface area contributed by atoms with E-state index < -0.39 is 0 Å². The smallest absolute Gasteiger partial charge is 0.237 e. The van der Waals surface area contributed by atoms with Crippen LogP contribution in [0.25, 0.3) is 0 Å². The van der Waals surface area contributed by atoms with Crippen LogP contribution in [0.5, 0.6) is 0 Å². The van der Waals surface area contributed by atoms with E-state index in [1.54, 1.807) is 0 Å². The van der Waals surface area contributed by atoms with Crippen LogP contribution in [0.4, 0.5) is 0 Å². The Morgan fingerprint density at radius 3 is 2.67 bits per heavy atom. The molecule has 1 unspecified atom stereocenters. The van der Waals surface area contributed by atoms with Crippen molar-refractivity contribution in [2.24, 2.45) is 5.41 Å². The second kappa shape index (κ2) is 6.58. The monoisotopic (exact) mass is 290 g/mol. The second-order valence-electron chi connectivity index (χ2n) is 6.85. The maximum absolute atomic E-state index is 12.5. The van der Waals surface area contributed by atoms with Gasteiger partial charge in [-0.3, -0.25) is 4.79 Å². The zero-order valence-corrected chi connectivity index (χ0v) is 13.1. The summed E-state index contributed by atoms with van der Waals surface area (Å²) in [6, 6.07) is 8.02. The number of fused-ring (bicyclic) bond motifs is 1. The lowest BCUT2D eigenvalue weighted by Gasteiger charge is -2.33. The largest absolute Gasteiger partial charge is 0.396 e. The average molecular weight is 290 g/mol. The average Bonchev–Trinajstić information content (AvgIpc) is 2.45. The first-order chi connectivity index (χ1) is 9.91. The molecular formula is C17H26N2O2. The van der Waals surface area contributed by atoms with Gasteiger partial charge < -0.3 is 15.7 Å². The van der Waals surface area contributed by atoms with E-state index in [4.69, 9.17) is 0 Å². The van der Waals surface area contributed by atoms with Gasteiger partial charge in [-0.15, -0.1) is 0 Å². The third-order valence-electron chi connectivity index (χ3n) is 4.18. The molecule has 0 bridgehead atoms. The number of rotatable bonds is 4. The van der Waals surface area contributed by atoms with Gasteiger partial charge in [0.1, 0.15) is 0 Å². The summed E-state index contributed by atoms with van der Waals surface area (Å²) in [5, 5.41) is 15.6. The zero-order chi connectivity index (χ0) is 15.5. The lowest BCUT2D eigenvalue weighted by Crippen LogP contribution is -2.53. The first kappa shape index (κ1) is 16.0. The molecule has 0 aromatic heterocycles. The Morgan fingerprint density at radius 1 is 1.38 bits per heavy atom. The van der Waals surface area contributed by atoms with Crippen molar-refractivity contribution in [2.75, 3.05) is 6.61 Å². The molecule has 0 aliphatic carbocycles. The molecule has 0 spiro atoms. The quantitative estimate of drug-likeness (QED) is 0.789. The summed E-state index contributed by atoms with van der Waals surface area (Å²) >= 11 is 0. The fraction of sp³-hybridized carbons (Fsp3) is 0.588. The molecule has 0 fully saturated rings. The molecule has 1 heterocycles. The second-order valence-corrected chi connectivity index (χ2v) is 6.85. The fourth-order valence-corrected chi connectivity index (χ4v) is 2.76. The highest BCUT2D eigenvalue weighted by molar-refractivity contribution is 5.82. The number of carbonyl (C=O) groups is 1. The van der Waals surface area contributed by atoms with Crippen molar-refractivity contribution >= 4 is 5.91 Å². The molecule has 1 aromatic carbocycles. The van der Waals surface area contributed by atoms with Crippen LogP contribution >= 0.6 is 0 Å². The molecule has 0 radical (unpaired) electrons. The maximum atomic E-state index is 12.5. The molecular weight excluding hydrogens is 264 g/mol. The van der Waals surface area contributed by atoms with Gasteiger partial charge in [-0.2, -0.15) is 0 Å². The molecule has 0 saturated heterocycles. The molecule has 1 amide bonds. The molecule has 2 atom stereocenters. The lowest BCUT2D eigenvalue weighted by molar-refractivity contribution is -0.125. The highest BCUT2D eigenvalue weighted by Gasteiger charge is 2.30. The van der Waals surface area contributed by atoms with Crippen LogP contribution in [0.2, 0.25) is 0 Å². The number of amides is 1. The molecule has 1 aliphatic heterocycles. The Bertz CT molecular complexity index is 494. The lowest BCUT2D eigenvalue weighted by atomic mass is 9.84. The normalized spacial score (nSPS) is 19.7. The first-order valence-electron chi connectivity index (χ1n) is 7.63. The Morgan fingerprint density at radius 2 is 2.05 bits per heavy atom. The minimum absolute atomic E-state index is 0.0195. The van der Waals surface area contributed by atoms with Gasteiger partial charge in [0.05, 0.1) is 6.04 Å². The van der Waals surface area contributed by atoms with Crippen LogP contribution < -0.4 is 10.6 Å². The predicted octanol–water partition coefficient (Wildman–Crippen LogP) is 1.61. The van der Waals surface area contributed by atoms with Crippen LogP contribution in [-0.2, 0) is 17.8 Å². The van der Waals surface area contributed by atoms with E-state index in [2.05, 4.69) is 43.5 Å². The summed E-state index contributed by atoms with van der Waals surface area (Å²) in [7, 11) is 0. The number of carbonyl (C=O) groups excluding carboxylic acids is 1. The summed E-state index contributed by atoms with van der Waals surface area (Å²) in [5.74, 6) is 0.0258. The molecule has 3 N–H and O–H groups in total. The SMILES string of the molecule is CC(C)(C)C(CCO)NC(=O)[C@H]1Cc2ccccc2CN1. The van der Waals surface area contributed by atoms with E-state index in [1.807, 2.05) is 12.1 Å². The summed E-state index contributed by atoms with van der Waals surface area (Å²) in [6.07, 6.45) is 1.30. The van der Waals surface area contributed by atoms with E-state index >= 15 is 0 Å². The minimum Gasteiger partial charge on any atom is -0.396 e. The maximum Gasteiger partial charge on any atom is 0.237 e. The van der Waals surface area contributed by atoms with Crippen molar-refractivity contribution in [1.29, 1.82) is 0 Å². The molecule has 4 nitrogen and oxygen atoms in total. The summed E-state index contributed by atoms with van der Waals surface area (Å²) in [5.41, 5.74) is 2.44. The van der Waals surface area contributed by atoms with Gasteiger partial charge in [-0.05, 0) is 29.4 Å². The van der Waals surface area contributed by atoms with E-state index in [9.17, 15) is 9.90 Å². The standard InChI is InChI=1S/C17H26N2O2/c1-17(2,3)15(8-9-20)19-16(21)14-10-12-6-4-5-7-13(12)11-18-14/h4-7,14-15,18,20H,8-11H2,1-3H3,(H,19,21)/t14-,15?/m1/s1. The van der Waals surface area contributed by atoms with Crippen LogP contribution in [0.15, 0.2) is 24.3 Å². The zero-order valence-electron chi connectivity index (χ0n) is 13.1. The summed E-state index contributed by atoms with van der Waals surface area (Å²) in [6.45, 7) is 7.06. The Balaban J connectivity index is 2.01. The van der Waals surface area contributed by atoms with Crippen molar-refractivity contribution in [3.63, 3.8) is 0 Å². The van der Waals surface area contributed by atoms with E-state index in [1.165, 1.54) is 11.1 Å². The Hall–Kier alpha value is -1.39. The van der Waals surface area contributed by atoms with Gasteiger partial charge in [0.2, 0.25) is 5.91 Å². The third-order valence-corrected chi connectivity index (χ3v) is 4.18. The summed E-state index contributed by atoms with van der Waals surface area (Å²) < 4.78 is 0. The minimum atomic E-state index is -0.191. The number of hydrogen-bond acceptors (Lipinski definition) is 3. The molecule has 21 heavy (non-hydrogen) atoms. The van der Waals surface area contributed by atoms with Gasteiger partial charge >= 0.3 is 0 Å². The first-order valence-corrected chi connectivity index (χ1v) is 7.63. The van der Waals surface area contributed by atoms with Crippen molar-refractivity contribution in [1.82, 2.24) is 10.6 Å². The highest BCUT2D eigenvalue weighted by Crippen LogP contribution is 2.22. The number of aliphatic hydroxyl groups excluding tert-OH is 1. The number of aliphatic hydroxyl groups is 1. The molecule has 4 heteroatoms. The van der Waals surface area contributed by atoms with Crippen LogP contribution in [-0.4, -0.2) is 29.7 Å². The Kier molecular flexibility index (Phi) is 5.01. The van der Waals surface area contributed by atoms with Crippen LogP contribution in [0, 0.1) is 5.41 Å². The van der Waals surface area contributed by atoms with Gasteiger partial charge in [0.15, 0.2) is 0 Å². The fourth-order valence-electron chi connectivity index (χ4n) is 2.76. The highest BCUT2D eigenvalue weighted by atomic mass is 16.3.